The highest BCUT2D eigenvalue weighted by molar-refractivity contribution is 5.54. The van der Waals surface area contributed by atoms with Gasteiger partial charge in [-0.2, -0.15) is 5.10 Å². The molecular weight excluding hydrogens is 219 g/mol. The minimum atomic E-state index is -0.320. The van der Waals surface area contributed by atoms with Gasteiger partial charge in [0, 0.05) is 36.9 Å². The van der Waals surface area contributed by atoms with E-state index in [9.17, 15) is 4.39 Å². The number of halogens is 1. The van der Waals surface area contributed by atoms with Crippen LogP contribution in [-0.4, -0.2) is 16.3 Å². The SMILES string of the molecule is Nc1cc(F)cc(NCCCn2cccn2)c1. The van der Waals surface area contributed by atoms with Crippen molar-refractivity contribution < 1.29 is 4.39 Å². The fraction of sp³-hybridized carbons (Fsp3) is 0.250. The van der Waals surface area contributed by atoms with Gasteiger partial charge in [0.05, 0.1) is 0 Å². The minimum absolute atomic E-state index is 0.320. The van der Waals surface area contributed by atoms with E-state index in [-0.39, 0.29) is 5.82 Å². The van der Waals surface area contributed by atoms with Crippen molar-refractivity contribution in [2.45, 2.75) is 13.0 Å². The van der Waals surface area contributed by atoms with Gasteiger partial charge >= 0.3 is 0 Å². The van der Waals surface area contributed by atoms with Crippen molar-refractivity contribution in [2.24, 2.45) is 0 Å². The number of aromatic nitrogens is 2. The average molecular weight is 234 g/mol. The fourth-order valence-corrected chi connectivity index (χ4v) is 1.62. The van der Waals surface area contributed by atoms with Crippen LogP contribution >= 0.6 is 0 Å². The highest BCUT2D eigenvalue weighted by Crippen LogP contribution is 2.15. The van der Waals surface area contributed by atoms with E-state index in [0.717, 1.165) is 19.5 Å². The first kappa shape index (κ1) is 11.4. The molecule has 1 aromatic carbocycles. The summed E-state index contributed by atoms with van der Waals surface area (Å²) in [5, 5.41) is 7.23. The number of nitrogens with zero attached hydrogens (tertiary/aromatic N) is 2. The van der Waals surface area contributed by atoms with Crippen molar-refractivity contribution in [1.29, 1.82) is 0 Å². The summed E-state index contributed by atoms with van der Waals surface area (Å²) >= 11 is 0. The van der Waals surface area contributed by atoms with E-state index in [0.29, 0.717) is 11.4 Å². The van der Waals surface area contributed by atoms with Crippen molar-refractivity contribution in [2.75, 3.05) is 17.6 Å². The minimum Gasteiger partial charge on any atom is -0.399 e. The molecule has 0 saturated carbocycles. The molecule has 0 radical (unpaired) electrons. The molecule has 0 unspecified atom stereocenters. The van der Waals surface area contributed by atoms with Crippen LogP contribution in [0.1, 0.15) is 6.42 Å². The molecule has 0 bridgehead atoms. The number of hydrogen-bond donors (Lipinski definition) is 2. The van der Waals surface area contributed by atoms with Crippen LogP contribution in [0.3, 0.4) is 0 Å². The van der Waals surface area contributed by atoms with Crippen molar-refractivity contribution in [1.82, 2.24) is 9.78 Å². The van der Waals surface area contributed by atoms with Gasteiger partial charge in [-0.1, -0.05) is 0 Å². The molecule has 0 saturated heterocycles. The average Bonchev–Trinajstić information content (AvgIpc) is 2.76. The first-order valence-electron chi connectivity index (χ1n) is 5.51. The Labute approximate surface area is 99.2 Å². The zero-order chi connectivity index (χ0) is 12.1. The van der Waals surface area contributed by atoms with Crippen molar-refractivity contribution in [3.63, 3.8) is 0 Å². The molecule has 1 heterocycles. The molecule has 0 aliphatic heterocycles. The Morgan fingerprint density at radius 1 is 1.35 bits per heavy atom. The smallest absolute Gasteiger partial charge is 0.127 e. The van der Waals surface area contributed by atoms with Gasteiger partial charge in [0.25, 0.3) is 0 Å². The molecule has 2 aromatic rings. The molecule has 17 heavy (non-hydrogen) atoms. The van der Waals surface area contributed by atoms with Gasteiger partial charge < -0.3 is 11.1 Å². The van der Waals surface area contributed by atoms with E-state index in [1.54, 1.807) is 12.3 Å². The molecule has 2 rings (SSSR count). The third kappa shape index (κ3) is 3.48. The Bertz CT molecular complexity index is 447. The number of nitrogens with two attached hydrogens (primary N) is 1. The lowest BCUT2D eigenvalue weighted by Gasteiger charge is -2.07. The number of aryl methyl sites for hydroxylation is 1. The van der Waals surface area contributed by atoms with Crippen LogP contribution in [0.25, 0.3) is 0 Å². The second-order valence-corrected chi connectivity index (χ2v) is 3.82. The van der Waals surface area contributed by atoms with Crippen LogP contribution in [-0.2, 0) is 6.54 Å². The van der Waals surface area contributed by atoms with Gasteiger partial charge in [-0.3, -0.25) is 4.68 Å². The largest absolute Gasteiger partial charge is 0.399 e. The Morgan fingerprint density at radius 2 is 2.24 bits per heavy atom. The highest BCUT2D eigenvalue weighted by Gasteiger charge is 1.98. The Balaban J connectivity index is 1.78. The molecule has 4 nitrogen and oxygen atoms in total. The van der Waals surface area contributed by atoms with Gasteiger partial charge in [0.2, 0.25) is 0 Å². The zero-order valence-corrected chi connectivity index (χ0v) is 9.44. The normalized spacial score (nSPS) is 10.4. The second kappa shape index (κ2) is 5.34. The van der Waals surface area contributed by atoms with Crippen LogP contribution < -0.4 is 11.1 Å². The Morgan fingerprint density at radius 3 is 2.94 bits per heavy atom. The topological polar surface area (TPSA) is 55.9 Å². The molecular formula is C12H15FN4. The molecule has 0 atom stereocenters. The summed E-state index contributed by atoms with van der Waals surface area (Å²) in [5.41, 5.74) is 6.69. The Kier molecular flexibility index (Phi) is 3.59. The van der Waals surface area contributed by atoms with Crippen LogP contribution in [0.15, 0.2) is 36.7 Å². The summed E-state index contributed by atoms with van der Waals surface area (Å²) < 4.78 is 14.9. The monoisotopic (exact) mass is 234 g/mol. The number of nitrogens with one attached hydrogen (secondary N) is 1. The van der Waals surface area contributed by atoms with Crippen LogP contribution in [0.5, 0.6) is 0 Å². The number of hydrogen-bond acceptors (Lipinski definition) is 3. The summed E-state index contributed by atoms with van der Waals surface area (Å²) in [6.07, 6.45) is 4.58. The lowest BCUT2D eigenvalue weighted by atomic mass is 10.2. The first-order valence-corrected chi connectivity index (χ1v) is 5.51. The molecule has 0 aliphatic carbocycles. The maximum absolute atomic E-state index is 13.0. The van der Waals surface area contributed by atoms with E-state index >= 15 is 0 Å². The van der Waals surface area contributed by atoms with Crippen LogP contribution in [0.4, 0.5) is 15.8 Å². The van der Waals surface area contributed by atoms with Crippen molar-refractivity contribution in [3.05, 3.63) is 42.5 Å². The van der Waals surface area contributed by atoms with Crippen molar-refractivity contribution in [3.8, 4) is 0 Å². The van der Waals surface area contributed by atoms with Gasteiger partial charge in [0.15, 0.2) is 0 Å². The number of nitrogen functional groups attached to an aromatic ring is 1. The molecule has 0 amide bonds. The van der Waals surface area contributed by atoms with Crippen LogP contribution in [0, 0.1) is 5.82 Å². The lowest BCUT2D eigenvalue weighted by Crippen LogP contribution is -2.07. The number of anilines is 2. The van der Waals surface area contributed by atoms with Crippen LogP contribution in [0.2, 0.25) is 0 Å². The third-order valence-electron chi connectivity index (χ3n) is 2.37. The first-order chi connectivity index (χ1) is 8.24. The Hall–Kier alpha value is -2.04. The van der Waals surface area contributed by atoms with Gasteiger partial charge in [-0.05, 0) is 30.7 Å². The number of rotatable bonds is 5. The molecule has 0 aliphatic rings. The predicted molar refractivity (Wildman–Crippen MR) is 66.1 cm³/mol. The van der Waals surface area contributed by atoms with Crippen molar-refractivity contribution >= 4 is 11.4 Å². The molecule has 1 aromatic heterocycles. The quantitative estimate of drug-likeness (QED) is 0.615. The van der Waals surface area contributed by atoms with E-state index in [1.165, 1.54) is 12.1 Å². The molecule has 0 fully saturated rings. The summed E-state index contributed by atoms with van der Waals surface area (Å²) in [6.45, 7) is 1.59. The summed E-state index contributed by atoms with van der Waals surface area (Å²) in [4.78, 5) is 0. The summed E-state index contributed by atoms with van der Waals surface area (Å²) in [6, 6.07) is 6.34. The second-order valence-electron chi connectivity index (χ2n) is 3.82. The summed E-state index contributed by atoms with van der Waals surface area (Å²) in [7, 11) is 0. The van der Waals surface area contributed by atoms with E-state index in [2.05, 4.69) is 10.4 Å². The van der Waals surface area contributed by atoms with E-state index < -0.39 is 0 Å². The fourth-order valence-electron chi connectivity index (χ4n) is 1.62. The van der Waals surface area contributed by atoms with Gasteiger partial charge in [-0.25, -0.2) is 4.39 Å². The zero-order valence-electron chi connectivity index (χ0n) is 9.44. The third-order valence-corrected chi connectivity index (χ3v) is 2.37. The maximum Gasteiger partial charge on any atom is 0.127 e. The molecule has 90 valence electrons. The highest BCUT2D eigenvalue weighted by atomic mass is 19.1. The summed E-state index contributed by atoms with van der Waals surface area (Å²) in [5.74, 6) is -0.320. The van der Waals surface area contributed by atoms with Gasteiger partial charge in [-0.15, -0.1) is 0 Å². The maximum atomic E-state index is 13.0. The standard InChI is InChI=1S/C12H15FN4/c13-10-7-11(14)9-12(8-10)15-3-1-5-17-6-2-4-16-17/h2,4,6-9,15H,1,3,5,14H2. The van der Waals surface area contributed by atoms with E-state index in [1.807, 2.05) is 16.9 Å². The lowest BCUT2D eigenvalue weighted by molar-refractivity contribution is 0.591. The number of benzene rings is 1. The van der Waals surface area contributed by atoms with E-state index in [4.69, 9.17) is 5.73 Å². The van der Waals surface area contributed by atoms with Gasteiger partial charge in [0.1, 0.15) is 5.82 Å². The molecule has 3 N–H and O–H groups in total. The predicted octanol–water partition coefficient (Wildman–Crippen LogP) is 2.11. The molecule has 0 spiro atoms. The molecule has 5 heteroatoms.